The quantitative estimate of drug-likeness (QED) is 0.137. The van der Waals surface area contributed by atoms with Crippen LogP contribution in [0.25, 0.3) is 0 Å². The standard InChI is InChI=1S/C21H37N5O8/c1-5-11(4)17(23)20(32)25-13(9-16(28)29)19(31)24-12(6-7-15(22)27)18(30)26-14(21(33)34)8-10(2)3/h10-14,17H,5-9,23H2,1-4H3,(H2,22,27)(H,24,31)(H,25,32)(H,26,30)(H,28,29)(H,33,34). The minimum atomic E-state index is -1.56. The zero-order valence-electron chi connectivity index (χ0n) is 20.0. The summed E-state index contributed by atoms with van der Waals surface area (Å²) >= 11 is 0. The predicted molar refractivity (Wildman–Crippen MR) is 121 cm³/mol. The maximum Gasteiger partial charge on any atom is 0.326 e. The first-order valence-corrected chi connectivity index (χ1v) is 11.1. The maximum atomic E-state index is 12.8. The molecule has 0 aromatic heterocycles. The number of nitrogens with one attached hydrogen (secondary N) is 3. The lowest BCUT2D eigenvalue weighted by atomic mass is 9.99. The number of nitrogens with two attached hydrogens (primary N) is 2. The molecule has 0 saturated carbocycles. The monoisotopic (exact) mass is 487 g/mol. The Balaban J connectivity index is 5.63. The van der Waals surface area contributed by atoms with Crippen LogP contribution in [0.3, 0.4) is 0 Å². The first kappa shape index (κ1) is 30.8. The molecule has 0 radical (unpaired) electrons. The Morgan fingerprint density at radius 2 is 1.32 bits per heavy atom. The molecule has 0 bridgehead atoms. The van der Waals surface area contributed by atoms with Gasteiger partial charge in [0.25, 0.3) is 0 Å². The molecule has 0 spiro atoms. The van der Waals surface area contributed by atoms with Crippen LogP contribution in [0.2, 0.25) is 0 Å². The zero-order chi connectivity index (χ0) is 26.6. The largest absolute Gasteiger partial charge is 0.481 e. The lowest BCUT2D eigenvalue weighted by molar-refractivity contribution is -0.143. The molecule has 13 heteroatoms. The molecule has 0 aromatic rings. The fraction of sp³-hybridized carbons (Fsp3) is 0.714. The molecular weight excluding hydrogens is 450 g/mol. The summed E-state index contributed by atoms with van der Waals surface area (Å²) in [6.45, 7) is 7.05. The second kappa shape index (κ2) is 14.8. The number of hydrogen-bond acceptors (Lipinski definition) is 7. The molecule has 0 aliphatic carbocycles. The third-order valence-corrected chi connectivity index (χ3v) is 5.21. The Morgan fingerprint density at radius 3 is 1.76 bits per heavy atom. The van der Waals surface area contributed by atoms with Gasteiger partial charge in [0.05, 0.1) is 12.5 Å². The maximum absolute atomic E-state index is 12.8. The van der Waals surface area contributed by atoms with Crippen molar-refractivity contribution >= 4 is 35.6 Å². The molecule has 5 atom stereocenters. The molecule has 0 aliphatic heterocycles. The number of primary amides is 1. The Labute approximate surface area is 198 Å². The van der Waals surface area contributed by atoms with Gasteiger partial charge in [0.2, 0.25) is 23.6 Å². The van der Waals surface area contributed by atoms with Crippen LogP contribution in [0, 0.1) is 11.8 Å². The van der Waals surface area contributed by atoms with Gasteiger partial charge in [0, 0.05) is 6.42 Å². The molecule has 13 nitrogen and oxygen atoms in total. The molecule has 9 N–H and O–H groups in total. The number of carboxylic acids is 2. The number of hydrogen-bond donors (Lipinski definition) is 7. The van der Waals surface area contributed by atoms with Gasteiger partial charge in [-0.3, -0.25) is 24.0 Å². The van der Waals surface area contributed by atoms with E-state index in [0.717, 1.165) is 0 Å². The summed E-state index contributed by atoms with van der Waals surface area (Å²) in [5.41, 5.74) is 11.0. The zero-order valence-corrected chi connectivity index (χ0v) is 20.0. The van der Waals surface area contributed by atoms with E-state index in [1.54, 1.807) is 20.8 Å². The average Bonchev–Trinajstić information content (AvgIpc) is 2.73. The summed E-state index contributed by atoms with van der Waals surface area (Å²) in [7, 11) is 0. The van der Waals surface area contributed by atoms with E-state index in [0.29, 0.717) is 6.42 Å². The molecule has 0 aliphatic rings. The van der Waals surface area contributed by atoms with E-state index in [2.05, 4.69) is 16.0 Å². The van der Waals surface area contributed by atoms with E-state index in [9.17, 15) is 33.9 Å². The highest BCUT2D eigenvalue weighted by Gasteiger charge is 2.32. The van der Waals surface area contributed by atoms with Gasteiger partial charge in [-0.25, -0.2) is 4.79 Å². The van der Waals surface area contributed by atoms with Crippen LogP contribution in [0.15, 0.2) is 0 Å². The summed E-state index contributed by atoms with van der Waals surface area (Å²) < 4.78 is 0. The fourth-order valence-electron chi connectivity index (χ4n) is 2.96. The highest BCUT2D eigenvalue weighted by molar-refractivity contribution is 5.95. The van der Waals surface area contributed by atoms with Gasteiger partial charge in [-0.05, 0) is 24.7 Å². The van der Waals surface area contributed by atoms with Gasteiger partial charge in [0.15, 0.2) is 0 Å². The van der Waals surface area contributed by atoms with Crippen molar-refractivity contribution in [2.24, 2.45) is 23.3 Å². The number of carboxylic acid groups (broad SMARTS) is 2. The van der Waals surface area contributed by atoms with Gasteiger partial charge >= 0.3 is 11.9 Å². The van der Waals surface area contributed by atoms with E-state index in [1.807, 2.05) is 6.92 Å². The normalized spacial score (nSPS) is 15.4. The number of carbonyl (C=O) groups excluding carboxylic acids is 4. The lowest BCUT2D eigenvalue weighted by Crippen LogP contribution is -2.58. The molecule has 0 saturated heterocycles. The van der Waals surface area contributed by atoms with Crippen LogP contribution in [-0.4, -0.2) is 69.9 Å². The third-order valence-electron chi connectivity index (χ3n) is 5.21. The highest BCUT2D eigenvalue weighted by atomic mass is 16.4. The van der Waals surface area contributed by atoms with E-state index in [-0.39, 0.29) is 31.1 Å². The Kier molecular flexibility index (Phi) is 13.4. The van der Waals surface area contributed by atoms with Crippen molar-refractivity contribution in [1.82, 2.24) is 16.0 Å². The SMILES string of the molecule is CCC(C)C(N)C(=O)NC(CC(=O)O)C(=O)NC(CCC(N)=O)C(=O)NC(CC(C)C)C(=O)O. The Hall–Kier alpha value is -3.22. The van der Waals surface area contributed by atoms with Crippen LogP contribution in [0.4, 0.5) is 0 Å². The van der Waals surface area contributed by atoms with Crippen molar-refractivity contribution in [3.05, 3.63) is 0 Å². The first-order chi connectivity index (χ1) is 15.7. The molecular formula is C21H37N5O8. The molecule has 0 fully saturated rings. The second-order valence-electron chi connectivity index (χ2n) is 8.67. The van der Waals surface area contributed by atoms with Crippen molar-refractivity contribution in [2.45, 2.75) is 84.0 Å². The predicted octanol–water partition coefficient (Wildman–Crippen LogP) is -1.31. The van der Waals surface area contributed by atoms with Crippen molar-refractivity contribution < 1.29 is 39.0 Å². The van der Waals surface area contributed by atoms with Crippen molar-refractivity contribution in [2.75, 3.05) is 0 Å². The summed E-state index contributed by atoms with van der Waals surface area (Å²) in [6.07, 6.45) is -0.681. The number of aliphatic carboxylic acids is 2. The summed E-state index contributed by atoms with van der Waals surface area (Å²) in [5, 5.41) is 25.4. The van der Waals surface area contributed by atoms with Crippen LogP contribution < -0.4 is 27.4 Å². The fourth-order valence-corrected chi connectivity index (χ4v) is 2.96. The molecule has 0 heterocycles. The van der Waals surface area contributed by atoms with Crippen molar-refractivity contribution in [1.29, 1.82) is 0 Å². The highest BCUT2D eigenvalue weighted by Crippen LogP contribution is 2.09. The summed E-state index contributed by atoms with van der Waals surface area (Å²) in [6, 6.07) is -5.20. The van der Waals surface area contributed by atoms with Gasteiger partial charge < -0.3 is 37.6 Å². The topological polar surface area (TPSA) is 231 Å². The van der Waals surface area contributed by atoms with Crippen LogP contribution in [0.1, 0.15) is 59.8 Å². The Morgan fingerprint density at radius 1 is 0.824 bits per heavy atom. The molecule has 4 amide bonds. The van der Waals surface area contributed by atoms with Crippen molar-refractivity contribution in [3.8, 4) is 0 Å². The second-order valence-corrected chi connectivity index (χ2v) is 8.67. The first-order valence-electron chi connectivity index (χ1n) is 11.1. The van der Waals surface area contributed by atoms with Gasteiger partial charge in [-0.15, -0.1) is 0 Å². The molecule has 34 heavy (non-hydrogen) atoms. The summed E-state index contributed by atoms with van der Waals surface area (Å²) in [4.78, 5) is 71.8. The summed E-state index contributed by atoms with van der Waals surface area (Å²) in [5.74, 6) is -6.38. The van der Waals surface area contributed by atoms with Crippen LogP contribution in [0.5, 0.6) is 0 Å². The van der Waals surface area contributed by atoms with Crippen molar-refractivity contribution in [3.63, 3.8) is 0 Å². The van der Waals surface area contributed by atoms with Crippen LogP contribution in [-0.2, 0) is 28.8 Å². The smallest absolute Gasteiger partial charge is 0.326 e. The van der Waals surface area contributed by atoms with Gasteiger partial charge in [0.1, 0.15) is 18.1 Å². The van der Waals surface area contributed by atoms with E-state index >= 15 is 0 Å². The number of amides is 4. The average molecular weight is 488 g/mol. The lowest BCUT2D eigenvalue weighted by Gasteiger charge is -2.25. The Bertz CT molecular complexity index is 757. The number of rotatable bonds is 16. The minimum absolute atomic E-state index is 0.0649. The van der Waals surface area contributed by atoms with Gasteiger partial charge in [-0.2, -0.15) is 0 Å². The molecule has 5 unspecified atom stereocenters. The third kappa shape index (κ3) is 11.6. The van der Waals surface area contributed by atoms with E-state index < -0.39 is 66.2 Å². The number of carbonyl (C=O) groups is 6. The molecule has 0 rings (SSSR count). The minimum Gasteiger partial charge on any atom is -0.481 e. The van der Waals surface area contributed by atoms with E-state index in [4.69, 9.17) is 16.6 Å². The molecule has 194 valence electrons. The van der Waals surface area contributed by atoms with Gasteiger partial charge in [-0.1, -0.05) is 34.1 Å². The van der Waals surface area contributed by atoms with Crippen LogP contribution >= 0.6 is 0 Å². The van der Waals surface area contributed by atoms with E-state index in [1.165, 1.54) is 0 Å². The molecule has 0 aromatic carbocycles.